The van der Waals surface area contributed by atoms with Crippen molar-refractivity contribution in [2.24, 2.45) is 5.73 Å². The van der Waals surface area contributed by atoms with Crippen molar-refractivity contribution in [3.63, 3.8) is 0 Å². The van der Waals surface area contributed by atoms with Crippen LogP contribution in [0.4, 0.5) is 5.00 Å². The van der Waals surface area contributed by atoms with Crippen LogP contribution in [0.15, 0.2) is 0 Å². The Morgan fingerprint density at radius 2 is 2.00 bits per heavy atom. The number of nitrogens with zero attached hydrogens (tertiary/aromatic N) is 1. The lowest BCUT2D eigenvalue weighted by molar-refractivity contribution is -0.128. The van der Waals surface area contributed by atoms with Gasteiger partial charge in [-0.1, -0.05) is 0 Å². The molecule has 1 aromatic heterocycles. The molecule has 4 N–H and O–H groups in total. The number of amides is 1. The normalized spacial score (nSPS) is 24.9. The van der Waals surface area contributed by atoms with Crippen molar-refractivity contribution in [3.8, 4) is 0 Å². The summed E-state index contributed by atoms with van der Waals surface area (Å²) in [7, 11) is 7.66. The van der Waals surface area contributed by atoms with Gasteiger partial charge in [-0.25, -0.2) is 0 Å². The predicted octanol–water partition coefficient (Wildman–Crippen LogP) is 2.92. The van der Waals surface area contributed by atoms with E-state index in [0.29, 0.717) is 12.5 Å². The van der Waals surface area contributed by atoms with Gasteiger partial charge < -0.3 is 25.4 Å². The van der Waals surface area contributed by atoms with Crippen molar-refractivity contribution in [2.45, 2.75) is 69.1 Å². The van der Waals surface area contributed by atoms with Crippen LogP contribution >= 0.6 is 11.3 Å². The minimum Gasteiger partial charge on any atom is -0.474 e. The minimum atomic E-state index is -0.604. The Morgan fingerprint density at radius 1 is 1.31 bits per heavy atom. The lowest BCUT2D eigenvalue weighted by Gasteiger charge is -2.33. The fourth-order valence-corrected chi connectivity index (χ4v) is 5.94. The number of rotatable bonds is 8. The van der Waals surface area contributed by atoms with Gasteiger partial charge in [-0.3, -0.25) is 10.2 Å². The summed E-state index contributed by atoms with van der Waals surface area (Å²) in [5.74, 6) is -0.0279. The van der Waals surface area contributed by atoms with Crippen LogP contribution in [0.5, 0.6) is 0 Å². The van der Waals surface area contributed by atoms with E-state index >= 15 is 0 Å². The molecule has 3 rings (SSSR count). The van der Waals surface area contributed by atoms with Gasteiger partial charge in [-0.2, -0.15) is 0 Å². The topological polar surface area (TPSA) is 101 Å². The molecule has 1 aromatic rings. The highest BCUT2D eigenvalue weighted by atomic mass is 32.1. The van der Waals surface area contributed by atoms with E-state index < -0.39 is 12.0 Å². The molecule has 2 atom stereocenters. The van der Waals surface area contributed by atoms with Gasteiger partial charge in [0.05, 0.1) is 5.56 Å². The second kappa shape index (κ2) is 9.45. The summed E-state index contributed by atoms with van der Waals surface area (Å²) in [5, 5.41) is 13.0. The van der Waals surface area contributed by atoms with Crippen LogP contribution in [0.3, 0.4) is 0 Å². The zero-order chi connectivity index (χ0) is 21.1. The molecule has 0 radical (unpaired) electrons. The Hall–Kier alpha value is -1.64. The minimum absolute atomic E-state index is 0.0937. The Labute approximate surface area is 177 Å². The van der Waals surface area contributed by atoms with Gasteiger partial charge in [-0.05, 0) is 70.5 Å². The van der Waals surface area contributed by atoms with Crippen LogP contribution in [0.2, 0.25) is 0 Å². The molecule has 0 bridgehead atoms. The fraction of sp³-hybridized carbons (Fsp3) is 0.714. The summed E-state index contributed by atoms with van der Waals surface area (Å²) in [6, 6.07) is 0.603. The van der Waals surface area contributed by atoms with Crippen molar-refractivity contribution >= 4 is 28.1 Å². The number of ether oxygens (including phenoxy) is 2. The first-order chi connectivity index (χ1) is 13.8. The van der Waals surface area contributed by atoms with E-state index in [2.05, 4.69) is 24.3 Å². The van der Waals surface area contributed by atoms with Gasteiger partial charge in [0.1, 0.15) is 17.2 Å². The molecule has 0 aromatic carbocycles. The molecule has 7 nitrogen and oxygen atoms in total. The maximum Gasteiger partial charge on any atom is 0.246 e. The maximum atomic E-state index is 11.7. The van der Waals surface area contributed by atoms with E-state index in [0.717, 1.165) is 54.7 Å². The molecule has 1 heterocycles. The van der Waals surface area contributed by atoms with Gasteiger partial charge in [0, 0.05) is 25.1 Å². The van der Waals surface area contributed by atoms with Crippen molar-refractivity contribution in [2.75, 3.05) is 33.6 Å². The Kier molecular flexibility index (Phi) is 7.19. The molecule has 2 aliphatic carbocycles. The number of primary amides is 1. The molecule has 1 amide bonds. The van der Waals surface area contributed by atoms with E-state index in [-0.39, 0.29) is 17.9 Å². The third-order valence-electron chi connectivity index (χ3n) is 6.36. The number of nitrogens with one attached hydrogen (secondary N) is 2. The molecule has 0 unspecified atom stereocenters. The highest BCUT2D eigenvalue weighted by Crippen LogP contribution is 2.47. The standard InChI is InChI=1S/C21H34N4O3S/c1-24-21-18(20(23)28-14-8-6-13(7-9-14)25(2)3)17-12(5-10-16(17)29-21)11-15(27-4)19(22)26/h12-15,23-24H,5-11H2,1-4H3,(H2,22,26)/t12-,13-,14-,15+/m1/s1. The molecule has 0 spiro atoms. The van der Waals surface area contributed by atoms with Gasteiger partial charge in [0.25, 0.3) is 0 Å². The first kappa shape index (κ1) is 22.1. The molecular formula is C21H34N4O3S. The van der Waals surface area contributed by atoms with Crippen LogP contribution in [0.1, 0.15) is 60.4 Å². The molecule has 2 aliphatic rings. The SMILES string of the molecule is CNc1sc2c(c1C(=N)O[C@H]1CC[C@H](N(C)C)CC1)[C@@H](C[C@H](OC)C(N)=O)CC2. The summed E-state index contributed by atoms with van der Waals surface area (Å²) >= 11 is 1.69. The average molecular weight is 423 g/mol. The summed E-state index contributed by atoms with van der Waals surface area (Å²) in [6.45, 7) is 0. The molecule has 29 heavy (non-hydrogen) atoms. The Bertz CT molecular complexity index is 741. The largest absolute Gasteiger partial charge is 0.474 e. The number of thiophene rings is 1. The second-order valence-corrected chi connectivity index (χ2v) is 9.44. The van der Waals surface area contributed by atoms with Crippen LogP contribution in [-0.2, 0) is 20.7 Å². The summed E-state index contributed by atoms with van der Waals surface area (Å²) in [6.07, 6.45) is 6.09. The number of carbonyl (C=O) groups is 1. The number of fused-ring (bicyclic) bond motifs is 1. The molecule has 0 saturated heterocycles. The number of carbonyl (C=O) groups excluding carboxylic acids is 1. The molecular weight excluding hydrogens is 388 g/mol. The average Bonchev–Trinajstić information content (AvgIpc) is 3.25. The van der Waals surface area contributed by atoms with Gasteiger partial charge in [0.2, 0.25) is 11.8 Å². The van der Waals surface area contributed by atoms with Gasteiger partial charge in [-0.15, -0.1) is 11.3 Å². The van der Waals surface area contributed by atoms with Crippen LogP contribution in [0, 0.1) is 5.41 Å². The van der Waals surface area contributed by atoms with Gasteiger partial charge in [0.15, 0.2) is 0 Å². The zero-order valence-corrected chi connectivity index (χ0v) is 18.7. The lowest BCUT2D eigenvalue weighted by Crippen LogP contribution is -2.35. The van der Waals surface area contributed by atoms with E-state index in [9.17, 15) is 4.79 Å². The van der Waals surface area contributed by atoms with Crippen LogP contribution in [0.25, 0.3) is 0 Å². The first-order valence-corrected chi connectivity index (χ1v) is 11.2. The summed E-state index contributed by atoms with van der Waals surface area (Å²) < 4.78 is 11.5. The first-order valence-electron chi connectivity index (χ1n) is 10.4. The summed E-state index contributed by atoms with van der Waals surface area (Å²) in [4.78, 5) is 15.2. The number of nitrogens with two attached hydrogens (primary N) is 1. The van der Waals surface area contributed by atoms with Crippen molar-refractivity contribution < 1.29 is 14.3 Å². The van der Waals surface area contributed by atoms with Crippen molar-refractivity contribution in [1.82, 2.24) is 4.90 Å². The zero-order valence-electron chi connectivity index (χ0n) is 17.9. The third kappa shape index (κ3) is 4.75. The number of hydrogen-bond acceptors (Lipinski definition) is 7. The van der Waals surface area contributed by atoms with E-state index in [1.165, 1.54) is 12.0 Å². The fourth-order valence-electron chi connectivity index (χ4n) is 4.69. The molecule has 162 valence electrons. The van der Waals surface area contributed by atoms with E-state index in [1.807, 2.05) is 7.05 Å². The highest BCUT2D eigenvalue weighted by Gasteiger charge is 2.35. The third-order valence-corrected chi connectivity index (χ3v) is 7.65. The smallest absolute Gasteiger partial charge is 0.246 e. The van der Waals surface area contributed by atoms with Crippen molar-refractivity contribution in [3.05, 3.63) is 16.0 Å². The molecule has 8 heteroatoms. The predicted molar refractivity (Wildman–Crippen MR) is 117 cm³/mol. The Morgan fingerprint density at radius 3 is 2.55 bits per heavy atom. The van der Waals surface area contributed by atoms with Crippen molar-refractivity contribution in [1.29, 1.82) is 5.41 Å². The summed E-state index contributed by atoms with van der Waals surface area (Å²) in [5.41, 5.74) is 7.50. The number of aryl methyl sites for hydroxylation is 1. The van der Waals surface area contributed by atoms with Crippen LogP contribution in [-0.4, -0.2) is 63.2 Å². The van der Waals surface area contributed by atoms with Gasteiger partial charge >= 0.3 is 0 Å². The Balaban J connectivity index is 1.75. The molecule has 1 fully saturated rings. The molecule has 0 aliphatic heterocycles. The number of anilines is 1. The van der Waals surface area contributed by atoms with Crippen LogP contribution < -0.4 is 11.1 Å². The second-order valence-electron chi connectivity index (χ2n) is 8.33. The van der Waals surface area contributed by atoms with E-state index in [4.69, 9.17) is 20.6 Å². The van der Waals surface area contributed by atoms with E-state index in [1.54, 1.807) is 11.3 Å². The highest BCUT2D eigenvalue weighted by molar-refractivity contribution is 7.16. The maximum absolute atomic E-state index is 11.7. The monoisotopic (exact) mass is 422 g/mol. The number of hydrogen-bond donors (Lipinski definition) is 3. The number of methoxy groups -OCH3 is 1. The molecule has 1 saturated carbocycles. The lowest BCUT2D eigenvalue weighted by atomic mass is 9.91. The quantitative estimate of drug-likeness (QED) is 0.442.